The Morgan fingerprint density at radius 2 is 2.05 bits per heavy atom. The van der Waals surface area contributed by atoms with Gasteiger partial charge in [-0.3, -0.25) is 0 Å². The molecule has 1 heterocycles. The van der Waals surface area contributed by atoms with E-state index in [1.54, 1.807) is 11.3 Å². The Bertz CT molecular complexity index is 495. The Hall–Kier alpha value is -0.640. The third-order valence-corrected chi connectivity index (χ3v) is 4.95. The molecule has 0 fully saturated rings. The standard InChI is InChI=1S/C17H22BrNS/c1-2-11-19-16(15-12-17(18)20-13-15)10-6-9-14-7-4-3-5-8-14/h3-5,7-8,12-13,16,19H,2,6,9-11H2,1H3. The van der Waals surface area contributed by atoms with E-state index < -0.39 is 0 Å². The van der Waals surface area contributed by atoms with Crippen molar-refractivity contribution in [2.24, 2.45) is 0 Å². The molecule has 1 aromatic carbocycles. The molecule has 0 amide bonds. The summed E-state index contributed by atoms with van der Waals surface area (Å²) in [5, 5.41) is 5.93. The molecule has 3 heteroatoms. The Morgan fingerprint density at radius 3 is 2.70 bits per heavy atom. The van der Waals surface area contributed by atoms with E-state index in [0.29, 0.717) is 6.04 Å². The van der Waals surface area contributed by atoms with Crippen LogP contribution in [0.3, 0.4) is 0 Å². The molecule has 0 aliphatic carbocycles. The first-order chi connectivity index (χ1) is 9.79. The third kappa shape index (κ3) is 5.04. The van der Waals surface area contributed by atoms with Gasteiger partial charge in [-0.05, 0) is 70.7 Å². The second-order valence-electron chi connectivity index (χ2n) is 5.07. The van der Waals surface area contributed by atoms with Gasteiger partial charge in [0.1, 0.15) is 0 Å². The van der Waals surface area contributed by atoms with Gasteiger partial charge >= 0.3 is 0 Å². The quantitative estimate of drug-likeness (QED) is 0.654. The SMILES string of the molecule is CCCNC(CCCc1ccccc1)c1csc(Br)c1. The zero-order valence-electron chi connectivity index (χ0n) is 11.9. The molecule has 1 unspecified atom stereocenters. The molecule has 2 aromatic rings. The fourth-order valence-electron chi connectivity index (χ4n) is 2.37. The lowest BCUT2D eigenvalue weighted by atomic mass is 10.0. The lowest BCUT2D eigenvalue weighted by Crippen LogP contribution is -2.21. The number of nitrogens with one attached hydrogen (secondary N) is 1. The number of halogens is 1. The second kappa shape index (κ2) is 8.60. The van der Waals surface area contributed by atoms with Gasteiger partial charge in [0.25, 0.3) is 0 Å². The van der Waals surface area contributed by atoms with Crippen LogP contribution in [-0.4, -0.2) is 6.54 Å². The van der Waals surface area contributed by atoms with Gasteiger partial charge in [0.2, 0.25) is 0 Å². The first-order valence-electron chi connectivity index (χ1n) is 7.31. The van der Waals surface area contributed by atoms with Crippen LogP contribution in [0.1, 0.15) is 43.4 Å². The van der Waals surface area contributed by atoms with Gasteiger partial charge < -0.3 is 5.32 Å². The highest BCUT2D eigenvalue weighted by Gasteiger charge is 2.12. The van der Waals surface area contributed by atoms with E-state index in [2.05, 4.69) is 69.9 Å². The van der Waals surface area contributed by atoms with E-state index in [1.165, 1.54) is 34.2 Å². The number of aryl methyl sites for hydroxylation is 1. The molecule has 0 spiro atoms. The molecule has 0 aliphatic heterocycles. The summed E-state index contributed by atoms with van der Waals surface area (Å²) in [5.41, 5.74) is 2.86. The molecule has 0 aliphatic rings. The first-order valence-corrected chi connectivity index (χ1v) is 8.98. The maximum Gasteiger partial charge on any atom is 0.0701 e. The van der Waals surface area contributed by atoms with Gasteiger partial charge in [-0.25, -0.2) is 0 Å². The van der Waals surface area contributed by atoms with Crippen molar-refractivity contribution in [3.8, 4) is 0 Å². The number of hydrogen-bond donors (Lipinski definition) is 1. The van der Waals surface area contributed by atoms with E-state index in [9.17, 15) is 0 Å². The van der Waals surface area contributed by atoms with E-state index in [4.69, 9.17) is 0 Å². The highest BCUT2D eigenvalue weighted by molar-refractivity contribution is 9.11. The van der Waals surface area contributed by atoms with Crippen molar-refractivity contribution in [2.75, 3.05) is 6.54 Å². The first kappa shape index (κ1) is 15.7. The summed E-state index contributed by atoms with van der Waals surface area (Å²) >= 11 is 5.34. The van der Waals surface area contributed by atoms with Crippen LogP contribution in [0.15, 0.2) is 45.6 Å². The molecule has 0 bridgehead atoms. The van der Waals surface area contributed by atoms with Crippen molar-refractivity contribution in [1.82, 2.24) is 5.32 Å². The summed E-state index contributed by atoms with van der Waals surface area (Å²) < 4.78 is 1.22. The molecule has 1 atom stereocenters. The normalized spacial score (nSPS) is 12.5. The smallest absolute Gasteiger partial charge is 0.0701 e. The third-order valence-electron chi connectivity index (χ3n) is 3.43. The Labute approximate surface area is 134 Å². The zero-order valence-corrected chi connectivity index (χ0v) is 14.3. The van der Waals surface area contributed by atoms with Crippen LogP contribution < -0.4 is 5.32 Å². The Balaban J connectivity index is 1.87. The lowest BCUT2D eigenvalue weighted by Gasteiger charge is -2.17. The number of hydrogen-bond acceptors (Lipinski definition) is 2. The van der Waals surface area contributed by atoms with Crippen LogP contribution in [0.25, 0.3) is 0 Å². The van der Waals surface area contributed by atoms with Gasteiger partial charge in [0.05, 0.1) is 3.79 Å². The molecule has 108 valence electrons. The van der Waals surface area contributed by atoms with Crippen LogP contribution in [0.4, 0.5) is 0 Å². The Morgan fingerprint density at radius 1 is 1.25 bits per heavy atom. The minimum atomic E-state index is 0.487. The van der Waals surface area contributed by atoms with Gasteiger partial charge in [0.15, 0.2) is 0 Å². The summed E-state index contributed by atoms with van der Waals surface area (Å²) in [6.45, 7) is 3.31. The monoisotopic (exact) mass is 351 g/mol. The van der Waals surface area contributed by atoms with Crippen LogP contribution in [0.2, 0.25) is 0 Å². The van der Waals surface area contributed by atoms with Crippen LogP contribution in [-0.2, 0) is 6.42 Å². The predicted octanol–water partition coefficient (Wildman–Crippen LogP) is 5.57. The summed E-state index contributed by atoms with van der Waals surface area (Å²) in [6, 6.07) is 13.5. The Kier molecular flexibility index (Phi) is 6.77. The van der Waals surface area contributed by atoms with Crippen molar-refractivity contribution < 1.29 is 0 Å². The number of thiophene rings is 1. The zero-order chi connectivity index (χ0) is 14.2. The van der Waals surface area contributed by atoms with Crippen molar-refractivity contribution in [3.63, 3.8) is 0 Å². The van der Waals surface area contributed by atoms with Crippen molar-refractivity contribution >= 4 is 27.3 Å². The maximum absolute atomic E-state index is 3.67. The molecule has 0 saturated carbocycles. The van der Waals surface area contributed by atoms with Crippen molar-refractivity contribution in [3.05, 3.63) is 56.7 Å². The predicted molar refractivity (Wildman–Crippen MR) is 92.4 cm³/mol. The number of benzene rings is 1. The maximum atomic E-state index is 3.67. The average molecular weight is 352 g/mol. The molecule has 0 radical (unpaired) electrons. The van der Waals surface area contributed by atoms with E-state index in [0.717, 1.165) is 13.0 Å². The lowest BCUT2D eigenvalue weighted by molar-refractivity contribution is 0.485. The highest BCUT2D eigenvalue weighted by atomic mass is 79.9. The van der Waals surface area contributed by atoms with Crippen molar-refractivity contribution in [2.45, 2.75) is 38.6 Å². The highest BCUT2D eigenvalue weighted by Crippen LogP contribution is 2.28. The molecule has 1 aromatic heterocycles. The summed E-state index contributed by atoms with van der Waals surface area (Å²) in [4.78, 5) is 0. The van der Waals surface area contributed by atoms with Gasteiger partial charge in [-0.2, -0.15) is 0 Å². The van der Waals surface area contributed by atoms with Crippen molar-refractivity contribution in [1.29, 1.82) is 0 Å². The van der Waals surface area contributed by atoms with Crippen LogP contribution >= 0.6 is 27.3 Å². The number of rotatable bonds is 8. The summed E-state index contributed by atoms with van der Waals surface area (Å²) in [5.74, 6) is 0. The summed E-state index contributed by atoms with van der Waals surface area (Å²) in [6.07, 6.45) is 4.76. The fraction of sp³-hybridized carbons (Fsp3) is 0.412. The minimum Gasteiger partial charge on any atom is -0.310 e. The second-order valence-corrected chi connectivity index (χ2v) is 7.36. The molecular formula is C17H22BrNS. The molecule has 20 heavy (non-hydrogen) atoms. The van der Waals surface area contributed by atoms with Gasteiger partial charge in [-0.1, -0.05) is 37.3 Å². The molecule has 1 N–H and O–H groups in total. The van der Waals surface area contributed by atoms with E-state index in [-0.39, 0.29) is 0 Å². The molecule has 2 rings (SSSR count). The van der Waals surface area contributed by atoms with E-state index >= 15 is 0 Å². The molecular weight excluding hydrogens is 330 g/mol. The van der Waals surface area contributed by atoms with E-state index in [1.807, 2.05) is 0 Å². The van der Waals surface area contributed by atoms with Gasteiger partial charge in [0, 0.05) is 6.04 Å². The van der Waals surface area contributed by atoms with Crippen LogP contribution in [0, 0.1) is 0 Å². The van der Waals surface area contributed by atoms with Crippen LogP contribution in [0.5, 0.6) is 0 Å². The molecule has 0 saturated heterocycles. The summed E-state index contributed by atoms with van der Waals surface area (Å²) in [7, 11) is 0. The minimum absolute atomic E-state index is 0.487. The fourth-order valence-corrected chi connectivity index (χ4v) is 3.60. The van der Waals surface area contributed by atoms with Gasteiger partial charge in [-0.15, -0.1) is 11.3 Å². The average Bonchev–Trinajstić information content (AvgIpc) is 2.90. The topological polar surface area (TPSA) is 12.0 Å². The molecule has 1 nitrogen and oxygen atoms in total. The largest absolute Gasteiger partial charge is 0.310 e.